The maximum absolute atomic E-state index is 12.5. The summed E-state index contributed by atoms with van der Waals surface area (Å²) < 4.78 is 5.62. The first-order valence-electron chi connectivity index (χ1n) is 7.08. The topological polar surface area (TPSA) is 57.5 Å². The summed E-state index contributed by atoms with van der Waals surface area (Å²) in [6.45, 7) is 3.83. The van der Waals surface area contributed by atoms with Gasteiger partial charge in [0.15, 0.2) is 6.17 Å². The Morgan fingerprint density at radius 1 is 1.38 bits per heavy atom. The van der Waals surface area contributed by atoms with Crippen LogP contribution >= 0.6 is 11.3 Å². The second-order valence-corrected chi connectivity index (χ2v) is 6.80. The summed E-state index contributed by atoms with van der Waals surface area (Å²) in [5.74, 6) is 1.60. The molecule has 4 rings (SSSR count). The van der Waals surface area contributed by atoms with Crippen molar-refractivity contribution in [3.05, 3.63) is 39.7 Å². The van der Waals surface area contributed by atoms with Gasteiger partial charge in [-0.3, -0.25) is 4.79 Å². The van der Waals surface area contributed by atoms with Crippen LogP contribution < -0.4 is 10.6 Å². The van der Waals surface area contributed by atoms with Gasteiger partial charge in [-0.15, -0.1) is 11.3 Å². The molecule has 2 aliphatic heterocycles. The second-order valence-electron chi connectivity index (χ2n) is 5.69. The summed E-state index contributed by atoms with van der Waals surface area (Å²) in [7, 11) is 2.11. The van der Waals surface area contributed by atoms with Crippen molar-refractivity contribution < 1.29 is 9.21 Å². The minimum absolute atomic E-state index is 0.00450. The van der Waals surface area contributed by atoms with Crippen LogP contribution in [-0.4, -0.2) is 24.4 Å². The number of nitrogens with one attached hydrogen (secondary N) is 2. The number of hydrogen-bond donors (Lipinski definition) is 2. The van der Waals surface area contributed by atoms with E-state index >= 15 is 0 Å². The molecule has 6 heteroatoms. The predicted octanol–water partition coefficient (Wildman–Crippen LogP) is 2.49. The number of carbonyl (C=O) groups excluding carboxylic acids is 1. The van der Waals surface area contributed by atoms with E-state index in [1.54, 1.807) is 11.3 Å². The summed E-state index contributed by atoms with van der Waals surface area (Å²) in [6.07, 6.45) is 0.661. The number of anilines is 1. The molecule has 0 spiro atoms. The highest BCUT2D eigenvalue weighted by Gasteiger charge is 2.33. The van der Waals surface area contributed by atoms with E-state index in [1.807, 2.05) is 19.1 Å². The number of thiophene rings is 1. The monoisotopic (exact) mass is 303 g/mol. The van der Waals surface area contributed by atoms with Gasteiger partial charge < -0.3 is 20.0 Å². The lowest BCUT2D eigenvalue weighted by atomic mass is 10.0. The Hall–Kier alpha value is -1.79. The molecule has 2 N–H and O–H groups in total. The fourth-order valence-corrected chi connectivity index (χ4v) is 4.35. The largest absolute Gasteiger partial charge is 0.462 e. The second kappa shape index (κ2) is 4.61. The SMILES string of the molecule is Cc1ccc([C@@H]2NC(=O)c3c(sc4c3CCN(C)C4)N2)o1. The molecule has 2 aromatic rings. The Kier molecular flexibility index (Phi) is 2.83. The van der Waals surface area contributed by atoms with E-state index in [0.29, 0.717) is 0 Å². The van der Waals surface area contributed by atoms with Gasteiger partial charge in [0.1, 0.15) is 16.5 Å². The minimum atomic E-state index is -0.281. The third-order valence-electron chi connectivity index (χ3n) is 4.07. The lowest BCUT2D eigenvalue weighted by Gasteiger charge is -2.26. The highest BCUT2D eigenvalue weighted by molar-refractivity contribution is 7.16. The van der Waals surface area contributed by atoms with E-state index in [1.165, 1.54) is 10.4 Å². The number of nitrogens with zero attached hydrogens (tertiary/aromatic N) is 1. The van der Waals surface area contributed by atoms with E-state index in [0.717, 1.165) is 41.6 Å². The van der Waals surface area contributed by atoms with E-state index in [-0.39, 0.29) is 12.1 Å². The molecule has 0 radical (unpaired) electrons. The molecule has 21 heavy (non-hydrogen) atoms. The predicted molar refractivity (Wildman–Crippen MR) is 81.6 cm³/mol. The summed E-state index contributed by atoms with van der Waals surface area (Å²) in [4.78, 5) is 16.1. The van der Waals surface area contributed by atoms with Crippen LogP contribution in [0.5, 0.6) is 0 Å². The number of furan rings is 1. The zero-order valence-electron chi connectivity index (χ0n) is 12.0. The molecule has 0 aliphatic carbocycles. The Bertz CT molecular complexity index is 719. The molecule has 0 bridgehead atoms. The van der Waals surface area contributed by atoms with Crippen LogP contribution in [0.25, 0.3) is 0 Å². The third kappa shape index (κ3) is 2.06. The molecule has 4 heterocycles. The molecule has 1 amide bonds. The average Bonchev–Trinajstić information content (AvgIpc) is 3.01. The van der Waals surface area contributed by atoms with Crippen LogP contribution in [0.1, 0.15) is 38.5 Å². The van der Waals surface area contributed by atoms with E-state index < -0.39 is 0 Å². The first-order valence-corrected chi connectivity index (χ1v) is 7.90. The Balaban J connectivity index is 1.71. The van der Waals surface area contributed by atoms with Gasteiger partial charge in [-0.1, -0.05) is 0 Å². The average molecular weight is 303 g/mol. The van der Waals surface area contributed by atoms with Crippen molar-refractivity contribution >= 4 is 22.2 Å². The smallest absolute Gasteiger partial charge is 0.256 e. The number of carbonyl (C=O) groups is 1. The van der Waals surface area contributed by atoms with Gasteiger partial charge in [-0.2, -0.15) is 0 Å². The molecule has 5 nitrogen and oxygen atoms in total. The van der Waals surface area contributed by atoms with Gasteiger partial charge in [-0.25, -0.2) is 0 Å². The molecular weight excluding hydrogens is 286 g/mol. The lowest BCUT2D eigenvalue weighted by molar-refractivity contribution is 0.0930. The summed E-state index contributed by atoms with van der Waals surface area (Å²) in [5, 5.41) is 7.37. The van der Waals surface area contributed by atoms with Crippen LogP contribution in [-0.2, 0) is 13.0 Å². The highest BCUT2D eigenvalue weighted by atomic mass is 32.1. The number of fused-ring (bicyclic) bond motifs is 3. The summed E-state index contributed by atoms with van der Waals surface area (Å²) in [6, 6.07) is 3.81. The Labute approximate surface area is 126 Å². The normalized spacial score (nSPS) is 21.4. The van der Waals surface area contributed by atoms with Crippen molar-refractivity contribution in [2.45, 2.75) is 26.1 Å². The molecule has 0 fully saturated rings. The van der Waals surface area contributed by atoms with Gasteiger partial charge in [0.2, 0.25) is 0 Å². The van der Waals surface area contributed by atoms with Crippen molar-refractivity contribution in [3.63, 3.8) is 0 Å². The summed E-state index contributed by atoms with van der Waals surface area (Å²) in [5.41, 5.74) is 2.05. The van der Waals surface area contributed by atoms with E-state index in [4.69, 9.17) is 4.42 Å². The van der Waals surface area contributed by atoms with E-state index in [2.05, 4.69) is 22.6 Å². The lowest BCUT2D eigenvalue weighted by Crippen LogP contribution is -2.38. The Morgan fingerprint density at radius 2 is 2.24 bits per heavy atom. The van der Waals surface area contributed by atoms with Gasteiger partial charge in [0.05, 0.1) is 5.56 Å². The van der Waals surface area contributed by atoms with E-state index in [9.17, 15) is 4.79 Å². The molecule has 0 saturated heterocycles. The molecule has 0 aromatic carbocycles. The Morgan fingerprint density at radius 3 is 3.00 bits per heavy atom. The maximum atomic E-state index is 12.5. The van der Waals surface area contributed by atoms with Crippen molar-refractivity contribution in [3.8, 4) is 0 Å². The zero-order valence-corrected chi connectivity index (χ0v) is 12.8. The first kappa shape index (κ1) is 12.9. The quantitative estimate of drug-likeness (QED) is 0.850. The van der Waals surface area contributed by atoms with Gasteiger partial charge >= 0.3 is 0 Å². The number of hydrogen-bond acceptors (Lipinski definition) is 5. The molecule has 110 valence electrons. The fraction of sp³-hybridized carbons (Fsp3) is 0.400. The maximum Gasteiger partial charge on any atom is 0.256 e. The van der Waals surface area contributed by atoms with Crippen LogP contribution in [0.3, 0.4) is 0 Å². The van der Waals surface area contributed by atoms with Crippen molar-refractivity contribution in [1.29, 1.82) is 0 Å². The number of amides is 1. The zero-order chi connectivity index (χ0) is 14.6. The van der Waals surface area contributed by atoms with Gasteiger partial charge in [-0.05, 0) is 38.1 Å². The number of aryl methyl sites for hydroxylation is 1. The van der Waals surface area contributed by atoms with Gasteiger partial charge in [0.25, 0.3) is 5.91 Å². The summed E-state index contributed by atoms with van der Waals surface area (Å²) >= 11 is 1.70. The van der Waals surface area contributed by atoms with Crippen LogP contribution in [0, 0.1) is 6.92 Å². The standard InChI is InChI=1S/C15H17N3O2S/c1-8-3-4-10(20-8)13-16-14(19)12-9-5-6-18(2)7-11(9)21-15(12)17-13/h3-4,13,17H,5-7H2,1-2H3,(H,16,19)/t13-/m1/s1. The molecule has 2 aliphatic rings. The number of likely N-dealkylation sites (N-methyl/N-ethyl adjacent to an activating group) is 1. The van der Waals surface area contributed by atoms with Crippen molar-refractivity contribution in [2.75, 3.05) is 18.9 Å². The fourth-order valence-electron chi connectivity index (χ4n) is 2.99. The molecule has 0 unspecified atom stereocenters. The molecule has 2 aromatic heterocycles. The van der Waals surface area contributed by atoms with Crippen LogP contribution in [0.4, 0.5) is 5.00 Å². The first-order chi connectivity index (χ1) is 10.1. The molecule has 1 atom stereocenters. The number of rotatable bonds is 1. The van der Waals surface area contributed by atoms with Crippen LogP contribution in [0.15, 0.2) is 16.5 Å². The van der Waals surface area contributed by atoms with Crippen molar-refractivity contribution in [2.24, 2.45) is 0 Å². The molecule has 0 saturated carbocycles. The minimum Gasteiger partial charge on any atom is -0.462 e. The third-order valence-corrected chi connectivity index (χ3v) is 5.22. The van der Waals surface area contributed by atoms with Crippen LogP contribution in [0.2, 0.25) is 0 Å². The van der Waals surface area contributed by atoms with Crippen molar-refractivity contribution in [1.82, 2.24) is 10.2 Å². The highest BCUT2D eigenvalue weighted by Crippen LogP contribution is 2.40. The molecular formula is C15H17N3O2S. The van der Waals surface area contributed by atoms with Gasteiger partial charge in [0, 0.05) is 18.0 Å².